The summed E-state index contributed by atoms with van der Waals surface area (Å²) in [6.45, 7) is 13.8. The van der Waals surface area contributed by atoms with Gasteiger partial charge in [0.1, 0.15) is 5.75 Å². The highest BCUT2D eigenvalue weighted by Gasteiger charge is 2.37. The van der Waals surface area contributed by atoms with E-state index in [1.807, 2.05) is 6.07 Å². The molecule has 52 heavy (non-hydrogen) atoms. The Labute approximate surface area is 322 Å². The molecule has 0 aliphatic heterocycles. The molecule has 1 N–H and O–H groups in total. The Bertz CT molecular complexity index is 1110. The second kappa shape index (κ2) is 22.5. The summed E-state index contributed by atoms with van der Waals surface area (Å²) in [6, 6.07) is 4.18. The number of phenolic OH excluding ortho intramolecular Hbond substituents is 1. The van der Waals surface area contributed by atoms with E-state index in [1.54, 1.807) is 0 Å². The number of unbranched alkanes of at least 4 members (excludes halogenated alkanes) is 6. The third-order valence-corrected chi connectivity index (χ3v) is 13.3. The van der Waals surface area contributed by atoms with Gasteiger partial charge in [-0.1, -0.05) is 142 Å². The first kappa shape index (κ1) is 43.6. The van der Waals surface area contributed by atoms with Crippen molar-refractivity contribution in [3.63, 3.8) is 0 Å². The number of hydrogen-bond donors (Lipinski definition) is 1. The first-order valence-electron chi connectivity index (χ1n) is 23.0. The summed E-state index contributed by atoms with van der Waals surface area (Å²) in [5.74, 6) is 0.428. The number of ether oxygens (including phenoxy) is 3. The number of hydrogen-bond acceptors (Lipinski definition) is 4. The van der Waals surface area contributed by atoms with E-state index in [0.29, 0.717) is 5.75 Å². The first-order chi connectivity index (χ1) is 25.2. The van der Waals surface area contributed by atoms with Crippen LogP contribution in [0, 0.1) is 0 Å². The average Bonchev–Trinajstić information content (AvgIpc) is 3.12. The fourth-order valence-electron chi connectivity index (χ4n) is 10.7. The number of rotatable bonds is 24. The molecule has 0 amide bonds. The highest BCUT2D eigenvalue weighted by atomic mass is 16.5. The monoisotopic (exact) mass is 725 g/mol. The lowest BCUT2D eigenvalue weighted by atomic mass is 9.80. The molecule has 4 nitrogen and oxygen atoms in total. The van der Waals surface area contributed by atoms with Gasteiger partial charge in [0.2, 0.25) is 0 Å². The minimum absolute atomic E-state index is 0.00305. The van der Waals surface area contributed by atoms with Crippen molar-refractivity contribution in [2.45, 2.75) is 269 Å². The predicted molar refractivity (Wildman–Crippen MR) is 221 cm³/mol. The molecule has 0 spiro atoms. The molecule has 1 aromatic rings. The Hall–Kier alpha value is -1.10. The lowest BCUT2D eigenvalue weighted by Gasteiger charge is -2.41. The van der Waals surface area contributed by atoms with Gasteiger partial charge in [0, 0.05) is 6.42 Å². The van der Waals surface area contributed by atoms with Crippen molar-refractivity contribution in [1.82, 2.24) is 0 Å². The Balaban J connectivity index is 1.59. The fourth-order valence-corrected chi connectivity index (χ4v) is 10.7. The highest BCUT2D eigenvalue weighted by Crippen LogP contribution is 2.41. The van der Waals surface area contributed by atoms with Crippen LogP contribution in [0.2, 0.25) is 0 Å². The molecule has 0 heterocycles. The second-order valence-corrected chi connectivity index (χ2v) is 18.2. The maximum Gasteiger partial charge on any atom is 0.119 e. The molecule has 3 fully saturated rings. The minimum Gasteiger partial charge on any atom is -0.508 e. The van der Waals surface area contributed by atoms with Gasteiger partial charge in [0.15, 0.2) is 0 Å². The molecule has 4 rings (SSSR count). The van der Waals surface area contributed by atoms with Gasteiger partial charge >= 0.3 is 0 Å². The van der Waals surface area contributed by atoms with Crippen LogP contribution in [0.15, 0.2) is 12.1 Å². The van der Waals surface area contributed by atoms with E-state index in [4.69, 9.17) is 14.2 Å². The Kier molecular flexibility index (Phi) is 18.8. The summed E-state index contributed by atoms with van der Waals surface area (Å²) in [5, 5.41) is 11.7. The van der Waals surface area contributed by atoms with E-state index >= 15 is 0 Å². The van der Waals surface area contributed by atoms with Crippen LogP contribution in [0.3, 0.4) is 0 Å². The number of benzene rings is 1. The Morgan fingerprint density at radius 1 is 0.481 bits per heavy atom. The van der Waals surface area contributed by atoms with Gasteiger partial charge in [-0.3, -0.25) is 0 Å². The van der Waals surface area contributed by atoms with Gasteiger partial charge in [0.25, 0.3) is 0 Å². The lowest BCUT2D eigenvalue weighted by molar-refractivity contribution is -0.115. The topological polar surface area (TPSA) is 47.9 Å². The molecule has 300 valence electrons. The zero-order chi connectivity index (χ0) is 37.3. The summed E-state index contributed by atoms with van der Waals surface area (Å²) in [6.07, 6.45) is 36.5. The molecule has 3 saturated carbocycles. The van der Waals surface area contributed by atoms with E-state index in [-0.39, 0.29) is 35.1 Å². The summed E-state index contributed by atoms with van der Waals surface area (Å²) < 4.78 is 21.6. The van der Waals surface area contributed by atoms with E-state index in [2.05, 4.69) is 47.6 Å². The zero-order valence-corrected chi connectivity index (χ0v) is 35.3. The lowest BCUT2D eigenvalue weighted by Crippen LogP contribution is -2.40. The van der Waals surface area contributed by atoms with Gasteiger partial charge < -0.3 is 19.3 Å². The number of aromatic hydroxyl groups is 1. The molecular formula is C48H84O4. The van der Waals surface area contributed by atoms with Crippen molar-refractivity contribution < 1.29 is 19.3 Å². The molecule has 0 aromatic heterocycles. The maximum atomic E-state index is 11.7. The summed E-state index contributed by atoms with van der Waals surface area (Å²) in [7, 11) is 0. The largest absolute Gasteiger partial charge is 0.508 e. The molecular weight excluding hydrogens is 641 g/mol. The van der Waals surface area contributed by atoms with Gasteiger partial charge in [-0.25, -0.2) is 0 Å². The molecule has 0 radical (unpaired) electrons. The van der Waals surface area contributed by atoms with Gasteiger partial charge in [-0.15, -0.1) is 0 Å². The molecule has 3 aliphatic carbocycles. The van der Waals surface area contributed by atoms with Crippen LogP contribution in [0.5, 0.6) is 5.75 Å². The van der Waals surface area contributed by atoms with Gasteiger partial charge in [-0.05, 0) is 114 Å². The first-order valence-corrected chi connectivity index (χ1v) is 23.0. The molecule has 3 atom stereocenters. The van der Waals surface area contributed by atoms with E-state index in [0.717, 1.165) is 24.8 Å². The predicted octanol–water partition coefficient (Wildman–Crippen LogP) is 14.1. The number of phenols is 1. The van der Waals surface area contributed by atoms with Crippen molar-refractivity contribution in [2.24, 2.45) is 0 Å². The average molecular weight is 725 g/mol. The Morgan fingerprint density at radius 2 is 0.827 bits per heavy atom. The molecule has 3 unspecified atom stereocenters. The van der Waals surface area contributed by atoms with Crippen LogP contribution in [0.25, 0.3) is 0 Å². The van der Waals surface area contributed by atoms with Crippen LogP contribution in [-0.2, 0) is 33.5 Å². The smallest absolute Gasteiger partial charge is 0.119 e. The minimum atomic E-state index is -0.00305. The quantitative estimate of drug-likeness (QED) is 0.108. The summed E-state index contributed by atoms with van der Waals surface area (Å²) >= 11 is 0. The molecule has 1 aromatic carbocycles. The molecule has 0 bridgehead atoms. The fraction of sp³-hybridized carbons (Fsp3) is 0.875. The third kappa shape index (κ3) is 13.6. The molecule has 4 heteroatoms. The summed E-state index contributed by atoms with van der Waals surface area (Å²) in [4.78, 5) is 0. The highest BCUT2D eigenvalue weighted by molar-refractivity contribution is 5.45. The van der Waals surface area contributed by atoms with Crippen LogP contribution in [0.1, 0.15) is 232 Å². The normalized spacial score (nSPS) is 21.8. The third-order valence-electron chi connectivity index (χ3n) is 13.3. The van der Waals surface area contributed by atoms with Gasteiger partial charge in [-0.2, -0.15) is 0 Å². The Morgan fingerprint density at radius 3 is 1.19 bits per heavy atom. The maximum absolute atomic E-state index is 11.7. The molecule has 3 aliphatic rings. The van der Waals surface area contributed by atoms with Crippen LogP contribution < -0.4 is 0 Å². The van der Waals surface area contributed by atoms with Gasteiger partial charge in [0.05, 0.1) is 35.1 Å². The van der Waals surface area contributed by atoms with E-state index < -0.39 is 0 Å². The van der Waals surface area contributed by atoms with Crippen LogP contribution in [-0.4, -0.2) is 40.2 Å². The van der Waals surface area contributed by atoms with E-state index in [1.165, 1.54) is 184 Å². The van der Waals surface area contributed by atoms with Crippen molar-refractivity contribution in [2.75, 3.05) is 0 Å². The standard InChI is InChI=1S/C48H84O4/c1-7-10-16-27-46(30-19-13-20-31-46)50-39(4)36-42-25-26-45(49)44(38-41(6)52-48(29-18-12-9-3)34-23-15-24-35-48)43(42)37-40(5)51-47(28-17-11-8-2)32-21-14-22-33-47/h25-26,39-41,49H,7-24,27-38H2,1-6H3. The SMILES string of the molecule is CCCCCC1(OC(C)Cc2ccc(O)c(CC(C)OC3(CCCCC)CCCCC3)c2CC(C)OC2(CCCCC)CCCCC2)CCCCC1. The van der Waals surface area contributed by atoms with Crippen molar-refractivity contribution in [1.29, 1.82) is 0 Å². The van der Waals surface area contributed by atoms with Crippen molar-refractivity contribution in [3.8, 4) is 5.75 Å². The summed E-state index contributed by atoms with van der Waals surface area (Å²) in [5.41, 5.74) is 3.76. The van der Waals surface area contributed by atoms with E-state index in [9.17, 15) is 5.11 Å². The van der Waals surface area contributed by atoms with Crippen LogP contribution >= 0.6 is 0 Å². The second-order valence-electron chi connectivity index (χ2n) is 18.2. The van der Waals surface area contributed by atoms with Crippen molar-refractivity contribution >= 4 is 0 Å². The van der Waals surface area contributed by atoms with Crippen LogP contribution in [0.4, 0.5) is 0 Å². The zero-order valence-electron chi connectivity index (χ0n) is 35.3. The molecule has 0 saturated heterocycles. The van der Waals surface area contributed by atoms with Crippen molar-refractivity contribution in [3.05, 3.63) is 28.8 Å².